The predicted octanol–water partition coefficient (Wildman–Crippen LogP) is 2.64. The monoisotopic (exact) mass is 515 g/mol. The first-order valence-corrected chi connectivity index (χ1v) is 11.6. The molecule has 0 spiro atoms. The molecule has 5 nitrogen and oxygen atoms in total. The Balaban J connectivity index is 1.98. The van der Waals surface area contributed by atoms with Crippen LogP contribution in [0.4, 0.5) is 4.39 Å². The Morgan fingerprint density at radius 2 is 1.93 bits per heavy atom. The van der Waals surface area contributed by atoms with Gasteiger partial charge >= 0.3 is 0 Å². The van der Waals surface area contributed by atoms with E-state index in [1.807, 2.05) is 12.1 Å². The third-order valence-electron chi connectivity index (χ3n) is 5.80. The summed E-state index contributed by atoms with van der Waals surface area (Å²) in [6.07, 6.45) is 0.983. The lowest BCUT2D eigenvalue weighted by atomic mass is 9.78. The van der Waals surface area contributed by atoms with Gasteiger partial charge in [-0.25, -0.2) is 12.8 Å². The predicted molar refractivity (Wildman–Crippen MR) is 110 cm³/mol. The molecule has 1 saturated heterocycles. The second-order valence-electron chi connectivity index (χ2n) is 7.19. The Morgan fingerprint density at radius 1 is 1.21 bits per heavy atom. The number of hydrogen-bond donors (Lipinski definition) is 1. The van der Waals surface area contributed by atoms with Crippen molar-refractivity contribution in [2.75, 3.05) is 13.2 Å². The molecule has 2 aromatic carbocycles. The second kappa shape index (κ2) is 7.07. The van der Waals surface area contributed by atoms with E-state index in [-0.39, 0.29) is 30.4 Å². The highest BCUT2D eigenvalue weighted by molar-refractivity contribution is 14.1. The third kappa shape index (κ3) is 2.80. The maximum Gasteiger partial charge on any atom is 0.225 e. The molecule has 0 saturated carbocycles. The minimum Gasteiger partial charge on any atom is -0.395 e. The normalized spacial score (nSPS) is 24.2. The topological polar surface area (TPSA) is 74.7 Å². The molecule has 2 unspecified atom stereocenters. The van der Waals surface area contributed by atoms with Crippen LogP contribution in [-0.4, -0.2) is 43.5 Å². The Hall–Kier alpha value is -1.52. The average Bonchev–Trinajstić information content (AvgIpc) is 2.95. The highest BCUT2D eigenvalue weighted by Gasteiger charge is 2.62. The Kier molecular flexibility index (Phi) is 4.99. The molecular weight excluding hydrogens is 496 g/mol. The minimum absolute atomic E-state index is 0.00366. The Labute approximate surface area is 176 Å². The summed E-state index contributed by atoms with van der Waals surface area (Å²) in [7, 11) is -4.00. The van der Waals surface area contributed by atoms with Gasteiger partial charge in [0, 0.05) is 10.1 Å². The maximum atomic E-state index is 13.9. The van der Waals surface area contributed by atoms with Crippen LogP contribution < -0.4 is 0 Å². The standard InChI is InChI=1S/C20H19FINO4S/c21-14-2-5-16(6-3-14)28(26,27)20-12-19(25)23(9-10-24)18(20)8-1-13-11-15(22)4-7-17(13)20/h2-7,11,18,24H,1,8-10,12H2. The molecule has 2 aromatic rings. The van der Waals surface area contributed by atoms with E-state index in [9.17, 15) is 22.7 Å². The molecule has 1 amide bonds. The molecule has 0 aromatic heterocycles. The maximum absolute atomic E-state index is 13.9. The number of benzene rings is 2. The summed E-state index contributed by atoms with van der Waals surface area (Å²) in [5.74, 6) is -0.799. The number of aryl methyl sites for hydroxylation is 1. The van der Waals surface area contributed by atoms with Gasteiger partial charge in [-0.15, -0.1) is 0 Å². The first-order valence-electron chi connectivity index (χ1n) is 9.00. The SMILES string of the molecule is O=C1CC2(S(=O)(=O)c3ccc(F)cc3)c3ccc(I)cc3CCC2N1CCO. The average molecular weight is 515 g/mol. The van der Waals surface area contributed by atoms with E-state index in [0.717, 1.165) is 21.3 Å². The smallest absolute Gasteiger partial charge is 0.225 e. The van der Waals surface area contributed by atoms with Crippen LogP contribution in [0.3, 0.4) is 0 Å². The number of rotatable bonds is 4. The van der Waals surface area contributed by atoms with Crippen molar-refractivity contribution >= 4 is 38.3 Å². The van der Waals surface area contributed by atoms with Crippen molar-refractivity contribution in [1.29, 1.82) is 0 Å². The molecule has 1 fully saturated rings. The number of aliphatic hydroxyl groups excluding tert-OH is 1. The van der Waals surface area contributed by atoms with E-state index in [1.165, 1.54) is 17.0 Å². The Morgan fingerprint density at radius 3 is 2.61 bits per heavy atom. The van der Waals surface area contributed by atoms with Gasteiger partial charge in [0.2, 0.25) is 5.91 Å². The van der Waals surface area contributed by atoms with Crippen LogP contribution in [0.2, 0.25) is 0 Å². The molecule has 148 valence electrons. The van der Waals surface area contributed by atoms with Crippen molar-refractivity contribution in [3.05, 3.63) is 63.0 Å². The van der Waals surface area contributed by atoms with Gasteiger partial charge < -0.3 is 10.0 Å². The van der Waals surface area contributed by atoms with E-state index >= 15 is 0 Å². The zero-order chi connectivity index (χ0) is 20.1. The summed E-state index contributed by atoms with van der Waals surface area (Å²) in [4.78, 5) is 14.3. The molecule has 2 aliphatic rings. The van der Waals surface area contributed by atoms with Crippen molar-refractivity contribution in [3.63, 3.8) is 0 Å². The van der Waals surface area contributed by atoms with Crippen LogP contribution in [0.5, 0.6) is 0 Å². The van der Waals surface area contributed by atoms with Crippen LogP contribution in [0.15, 0.2) is 47.4 Å². The molecule has 8 heteroatoms. The van der Waals surface area contributed by atoms with Crippen LogP contribution >= 0.6 is 22.6 Å². The first-order chi connectivity index (χ1) is 13.3. The molecule has 1 aliphatic carbocycles. The fourth-order valence-electron chi connectivity index (χ4n) is 4.64. The number of aliphatic hydroxyl groups is 1. The number of fused-ring (bicyclic) bond motifs is 3. The molecule has 2 atom stereocenters. The van der Waals surface area contributed by atoms with E-state index in [0.29, 0.717) is 18.4 Å². The number of carbonyl (C=O) groups is 1. The molecule has 4 rings (SSSR count). The molecule has 1 aliphatic heterocycles. The number of amides is 1. The van der Waals surface area contributed by atoms with Crippen molar-refractivity contribution in [2.24, 2.45) is 0 Å². The van der Waals surface area contributed by atoms with E-state index in [2.05, 4.69) is 22.6 Å². The van der Waals surface area contributed by atoms with Crippen LogP contribution in [0.25, 0.3) is 0 Å². The fraction of sp³-hybridized carbons (Fsp3) is 0.350. The quantitative estimate of drug-likeness (QED) is 0.502. The minimum atomic E-state index is -4.00. The molecule has 0 radical (unpaired) electrons. The van der Waals surface area contributed by atoms with Crippen LogP contribution in [0.1, 0.15) is 24.0 Å². The lowest BCUT2D eigenvalue weighted by Gasteiger charge is -2.42. The van der Waals surface area contributed by atoms with Crippen molar-refractivity contribution in [2.45, 2.75) is 34.9 Å². The summed E-state index contributed by atoms with van der Waals surface area (Å²) < 4.78 is 40.7. The zero-order valence-corrected chi connectivity index (χ0v) is 17.9. The number of carbonyl (C=O) groups excluding carboxylic acids is 1. The van der Waals surface area contributed by atoms with Gasteiger partial charge in [-0.2, -0.15) is 0 Å². The summed E-state index contributed by atoms with van der Waals surface area (Å²) in [5, 5.41) is 9.41. The molecule has 1 N–H and O–H groups in total. The molecule has 1 heterocycles. The number of hydrogen-bond acceptors (Lipinski definition) is 4. The van der Waals surface area contributed by atoms with Gasteiger partial charge in [0.15, 0.2) is 9.84 Å². The van der Waals surface area contributed by atoms with E-state index in [4.69, 9.17) is 0 Å². The van der Waals surface area contributed by atoms with E-state index in [1.54, 1.807) is 6.07 Å². The number of likely N-dealkylation sites (tertiary alicyclic amines) is 1. The highest BCUT2D eigenvalue weighted by Crippen LogP contribution is 2.53. The largest absolute Gasteiger partial charge is 0.395 e. The number of halogens is 2. The second-order valence-corrected chi connectivity index (χ2v) is 10.6. The summed E-state index contributed by atoms with van der Waals surface area (Å²) in [5.41, 5.74) is 1.56. The lowest BCUT2D eigenvalue weighted by Crippen LogP contribution is -2.51. The van der Waals surface area contributed by atoms with Crippen molar-refractivity contribution in [1.82, 2.24) is 4.90 Å². The van der Waals surface area contributed by atoms with Crippen LogP contribution in [-0.2, 0) is 25.8 Å². The lowest BCUT2D eigenvalue weighted by molar-refractivity contribution is -0.129. The summed E-state index contributed by atoms with van der Waals surface area (Å²) in [6.45, 7) is -0.127. The third-order valence-corrected chi connectivity index (χ3v) is 8.96. The molecular formula is C20H19FINO4S. The van der Waals surface area contributed by atoms with Crippen molar-refractivity contribution in [3.8, 4) is 0 Å². The van der Waals surface area contributed by atoms with Gasteiger partial charge in [-0.3, -0.25) is 4.79 Å². The zero-order valence-electron chi connectivity index (χ0n) is 14.9. The number of sulfone groups is 1. The van der Waals surface area contributed by atoms with Gasteiger partial charge in [0.05, 0.1) is 24.0 Å². The molecule has 28 heavy (non-hydrogen) atoms. The number of nitrogens with zero attached hydrogens (tertiary/aromatic N) is 1. The van der Waals surface area contributed by atoms with E-state index < -0.39 is 26.4 Å². The van der Waals surface area contributed by atoms with Gasteiger partial charge in [0.1, 0.15) is 10.6 Å². The molecule has 0 bridgehead atoms. The van der Waals surface area contributed by atoms with Crippen LogP contribution in [0, 0.1) is 9.39 Å². The fourth-order valence-corrected chi connectivity index (χ4v) is 7.51. The van der Waals surface area contributed by atoms with Crippen molar-refractivity contribution < 1.29 is 22.7 Å². The van der Waals surface area contributed by atoms with Gasteiger partial charge in [-0.1, -0.05) is 6.07 Å². The van der Waals surface area contributed by atoms with Gasteiger partial charge in [0.25, 0.3) is 0 Å². The number of β-amino-alcohol motifs (C(OH)–C–C–N with tert-alkyl or cyclic N) is 1. The highest BCUT2D eigenvalue weighted by atomic mass is 127. The Bertz CT molecular complexity index is 1040. The summed E-state index contributed by atoms with van der Waals surface area (Å²) >= 11 is 2.19. The first kappa shape index (κ1) is 19.8. The van der Waals surface area contributed by atoms with Gasteiger partial charge in [-0.05, 0) is 83.0 Å². The summed E-state index contributed by atoms with van der Waals surface area (Å²) in [6, 6.07) is 9.83.